The van der Waals surface area contributed by atoms with Crippen molar-refractivity contribution in [2.45, 2.75) is 6.92 Å². The van der Waals surface area contributed by atoms with Gasteiger partial charge in [0.25, 0.3) is 5.91 Å². The number of amides is 1. The summed E-state index contributed by atoms with van der Waals surface area (Å²) in [7, 11) is 0. The summed E-state index contributed by atoms with van der Waals surface area (Å²) in [5, 5.41) is 13.7. The fourth-order valence-electron chi connectivity index (χ4n) is 1.93. The number of aromatic nitrogens is 5. The van der Waals surface area contributed by atoms with Crippen LogP contribution in [0, 0.1) is 6.92 Å². The van der Waals surface area contributed by atoms with Crippen LogP contribution in [0.15, 0.2) is 48.8 Å². The third kappa shape index (κ3) is 2.76. The van der Waals surface area contributed by atoms with Crippen molar-refractivity contribution in [3.63, 3.8) is 0 Å². The van der Waals surface area contributed by atoms with E-state index in [2.05, 4.69) is 25.8 Å². The van der Waals surface area contributed by atoms with Crippen LogP contribution in [0.4, 0.5) is 5.82 Å². The Labute approximate surface area is 120 Å². The number of carbonyl (C=O) groups excluding carboxylic acids is 1. The minimum atomic E-state index is -0.265. The zero-order chi connectivity index (χ0) is 14.7. The molecule has 3 rings (SSSR count). The van der Waals surface area contributed by atoms with Gasteiger partial charge in [-0.05, 0) is 41.6 Å². The number of hydrogen-bond acceptors (Lipinski definition) is 5. The van der Waals surface area contributed by atoms with E-state index in [1.54, 1.807) is 24.3 Å². The van der Waals surface area contributed by atoms with Crippen molar-refractivity contribution in [3.8, 4) is 5.69 Å². The van der Waals surface area contributed by atoms with Gasteiger partial charge in [-0.25, -0.2) is 4.98 Å². The molecule has 1 aromatic carbocycles. The molecule has 2 aromatic heterocycles. The Bertz CT molecular complexity index is 769. The van der Waals surface area contributed by atoms with Gasteiger partial charge in [0.15, 0.2) is 0 Å². The van der Waals surface area contributed by atoms with Gasteiger partial charge in [-0.2, -0.15) is 4.68 Å². The second-order valence-corrected chi connectivity index (χ2v) is 4.39. The number of rotatable bonds is 3. The lowest BCUT2D eigenvalue weighted by atomic mass is 10.1. The van der Waals surface area contributed by atoms with Crippen LogP contribution < -0.4 is 5.32 Å². The topological polar surface area (TPSA) is 85.6 Å². The highest BCUT2D eigenvalue weighted by Gasteiger charge is 2.13. The van der Waals surface area contributed by atoms with E-state index in [4.69, 9.17) is 0 Å². The fraction of sp³-hybridized carbons (Fsp3) is 0.0714. The van der Waals surface area contributed by atoms with Crippen LogP contribution >= 0.6 is 0 Å². The summed E-state index contributed by atoms with van der Waals surface area (Å²) in [6, 6.07) is 12.5. The van der Waals surface area contributed by atoms with Gasteiger partial charge in [-0.3, -0.25) is 4.79 Å². The molecule has 7 nitrogen and oxygen atoms in total. The summed E-state index contributed by atoms with van der Waals surface area (Å²) in [5.74, 6) is 0.241. The van der Waals surface area contributed by atoms with Gasteiger partial charge < -0.3 is 5.32 Å². The average molecular weight is 280 g/mol. The molecule has 0 bridgehead atoms. The lowest BCUT2D eigenvalue weighted by molar-refractivity contribution is 0.102. The second-order valence-electron chi connectivity index (χ2n) is 4.39. The lowest BCUT2D eigenvalue weighted by Crippen LogP contribution is -2.16. The number of para-hydroxylation sites is 1. The smallest absolute Gasteiger partial charge is 0.259 e. The highest BCUT2D eigenvalue weighted by molar-refractivity contribution is 6.06. The van der Waals surface area contributed by atoms with Crippen LogP contribution in [0.5, 0.6) is 0 Å². The number of nitrogens with one attached hydrogen (secondary N) is 1. The largest absolute Gasteiger partial charge is 0.306 e. The first-order valence-electron chi connectivity index (χ1n) is 6.31. The molecule has 0 fully saturated rings. The van der Waals surface area contributed by atoms with Gasteiger partial charge in [-0.1, -0.05) is 18.2 Å². The number of nitrogens with zero attached hydrogens (tertiary/aromatic N) is 5. The number of pyridine rings is 1. The van der Waals surface area contributed by atoms with E-state index >= 15 is 0 Å². The molecule has 21 heavy (non-hydrogen) atoms. The summed E-state index contributed by atoms with van der Waals surface area (Å²) in [6.45, 7) is 1.87. The Morgan fingerprint density at radius 1 is 1.14 bits per heavy atom. The van der Waals surface area contributed by atoms with Crippen molar-refractivity contribution in [2.75, 3.05) is 5.32 Å². The van der Waals surface area contributed by atoms with Gasteiger partial charge in [0, 0.05) is 5.69 Å². The minimum absolute atomic E-state index is 0.265. The third-order valence-corrected chi connectivity index (χ3v) is 2.87. The Morgan fingerprint density at radius 3 is 2.76 bits per heavy atom. The maximum absolute atomic E-state index is 12.4. The molecule has 7 heteroatoms. The molecule has 0 spiro atoms. The Balaban J connectivity index is 1.92. The van der Waals surface area contributed by atoms with Crippen LogP contribution in [-0.4, -0.2) is 31.1 Å². The van der Waals surface area contributed by atoms with Crippen LogP contribution in [0.25, 0.3) is 5.69 Å². The van der Waals surface area contributed by atoms with E-state index in [9.17, 15) is 4.79 Å². The zero-order valence-electron chi connectivity index (χ0n) is 11.3. The van der Waals surface area contributed by atoms with Crippen molar-refractivity contribution in [1.82, 2.24) is 25.2 Å². The molecule has 0 atom stereocenters. The molecular weight excluding hydrogens is 268 g/mol. The van der Waals surface area contributed by atoms with E-state index in [-0.39, 0.29) is 5.91 Å². The van der Waals surface area contributed by atoms with Gasteiger partial charge in [0.2, 0.25) is 0 Å². The molecule has 1 N–H and O–H groups in total. The van der Waals surface area contributed by atoms with Crippen LogP contribution in [0.1, 0.15) is 16.1 Å². The van der Waals surface area contributed by atoms with Gasteiger partial charge >= 0.3 is 0 Å². The zero-order valence-corrected chi connectivity index (χ0v) is 11.3. The normalized spacial score (nSPS) is 10.3. The lowest BCUT2D eigenvalue weighted by Gasteiger charge is -2.09. The van der Waals surface area contributed by atoms with E-state index in [0.717, 1.165) is 5.69 Å². The number of tetrazole rings is 1. The standard InChI is InChI=1S/C14H12N6O/c1-10-5-4-8-13(16-10)17-14(21)11-6-2-3-7-12(11)20-9-15-18-19-20/h2-9H,1H3,(H,16,17,21). The first-order chi connectivity index (χ1) is 10.2. The first-order valence-corrected chi connectivity index (χ1v) is 6.31. The molecule has 104 valence electrons. The third-order valence-electron chi connectivity index (χ3n) is 2.87. The number of benzene rings is 1. The number of aryl methyl sites for hydroxylation is 1. The summed E-state index contributed by atoms with van der Waals surface area (Å²) < 4.78 is 1.44. The fourth-order valence-corrected chi connectivity index (χ4v) is 1.93. The van der Waals surface area contributed by atoms with Crippen molar-refractivity contribution in [2.24, 2.45) is 0 Å². The first kappa shape index (κ1) is 12.9. The maximum Gasteiger partial charge on any atom is 0.259 e. The van der Waals surface area contributed by atoms with E-state index in [1.807, 2.05) is 25.1 Å². The van der Waals surface area contributed by atoms with Crippen LogP contribution in [0.2, 0.25) is 0 Å². The number of carbonyl (C=O) groups is 1. The average Bonchev–Trinajstić information content (AvgIpc) is 3.01. The molecule has 1 amide bonds. The SMILES string of the molecule is Cc1cccc(NC(=O)c2ccccc2-n2cnnn2)n1. The molecule has 0 unspecified atom stereocenters. The van der Waals surface area contributed by atoms with Crippen molar-refractivity contribution >= 4 is 11.7 Å². The predicted molar refractivity (Wildman–Crippen MR) is 76.1 cm³/mol. The van der Waals surface area contributed by atoms with E-state index in [1.165, 1.54) is 11.0 Å². The summed E-state index contributed by atoms with van der Waals surface area (Å²) in [5.41, 5.74) is 1.90. The molecule has 0 aliphatic carbocycles. The Kier molecular flexibility index (Phi) is 3.38. The quantitative estimate of drug-likeness (QED) is 0.788. The second kappa shape index (κ2) is 5.49. The van der Waals surface area contributed by atoms with Gasteiger partial charge in [0.1, 0.15) is 12.1 Å². The summed E-state index contributed by atoms with van der Waals surface area (Å²) in [4.78, 5) is 16.7. The van der Waals surface area contributed by atoms with Gasteiger partial charge in [0.05, 0.1) is 11.3 Å². The molecule has 0 saturated carbocycles. The van der Waals surface area contributed by atoms with Crippen LogP contribution in [-0.2, 0) is 0 Å². The monoisotopic (exact) mass is 280 g/mol. The predicted octanol–water partition coefficient (Wildman–Crippen LogP) is 1.62. The number of hydrogen-bond donors (Lipinski definition) is 1. The van der Waals surface area contributed by atoms with Crippen molar-refractivity contribution < 1.29 is 4.79 Å². The van der Waals surface area contributed by atoms with Crippen molar-refractivity contribution in [1.29, 1.82) is 0 Å². The van der Waals surface area contributed by atoms with Crippen molar-refractivity contribution in [3.05, 3.63) is 60.0 Å². The minimum Gasteiger partial charge on any atom is -0.306 e. The molecule has 3 aromatic rings. The molecule has 0 radical (unpaired) electrons. The molecular formula is C14H12N6O. The van der Waals surface area contributed by atoms with E-state index in [0.29, 0.717) is 17.1 Å². The molecule has 0 aliphatic heterocycles. The summed E-state index contributed by atoms with van der Waals surface area (Å²) >= 11 is 0. The van der Waals surface area contributed by atoms with Gasteiger partial charge in [-0.15, -0.1) is 5.10 Å². The highest BCUT2D eigenvalue weighted by atomic mass is 16.1. The number of anilines is 1. The van der Waals surface area contributed by atoms with Crippen LogP contribution in [0.3, 0.4) is 0 Å². The Morgan fingerprint density at radius 2 is 2.00 bits per heavy atom. The molecule has 0 saturated heterocycles. The molecule has 2 heterocycles. The highest BCUT2D eigenvalue weighted by Crippen LogP contribution is 2.14. The Hall–Kier alpha value is -3.09. The summed E-state index contributed by atoms with van der Waals surface area (Å²) in [6.07, 6.45) is 1.44. The van der Waals surface area contributed by atoms with E-state index < -0.39 is 0 Å². The maximum atomic E-state index is 12.4. The molecule has 0 aliphatic rings.